The van der Waals surface area contributed by atoms with Crippen LogP contribution in [-0.2, 0) is 17.6 Å². The number of fused-ring (bicyclic) bond motifs is 2. The summed E-state index contributed by atoms with van der Waals surface area (Å²) in [4.78, 5) is 20.6. The number of thiophene rings is 1. The van der Waals surface area contributed by atoms with E-state index in [2.05, 4.69) is 36.2 Å². The first kappa shape index (κ1) is 17.6. The van der Waals surface area contributed by atoms with E-state index in [0.717, 1.165) is 47.0 Å². The number of hydrogen-bond acceptors (Lipinski definition) is 5. The van der Waals surface area contributed by atoms with Gasteiger partial charge in [0.2, 0.25) is 5.91 Å². The monoisotopic (exact) mass is 385 g/mol. The number of aromatic nitrogens is 1. The van der Waals surface area contributed by atoms with E-state index in [9.17, 15) is 4.79 Å². The zero-order valence-corrected chi connectivity index (χ0v) is 17.0. The van der Waals surface area contributed by atoms with Gasteiger partial charge < -0.3 is 10.2 Å². The Morgan fingerprint density at radius 3 is 2.69 bits per heavy atom. The van der Waals surface area contributed by atoms with Crippen molar-refractivity contribution in [1.29, 1.82) is 0 Å². The number of hydrogen-bond donors (Lipinski definition) is 1. The Bertz CT molecular complexity index is 924. The predicted octanol–water partition coefficient (Wildman–Crippen LogP) is 4.79. The minimum absolute atomic E-state index is 0.0208. The van der Waals surface area contributed by atoms with Crippen molar-refractivity contribution in [1.82, 2.24) is 9.88 Å². The summed E-state index contributed by atoms with van der Waals surface area (Å²) >= 11 is 3.44. The molecule has 1 aromatic carbocycles. The average Bonchev–Trinajstić information content (AvgIpc) is 3.08. The van der Waals surface area contributed by atoms with Crippen LogP contribution in [-0.4, -0.2) is 34.9 Å². The molecule has 1 aliphatic heterocycles. The summed E-state index contributed by atoms with van der Waals surface area (Å²) in [5.74, 6) is -0.0208. The van der Waals surface area contributed by atoms with Gasteiger partial charge in [-0.15, -0.1) is 22.7 Å². The third-order valence-electron chi connectivity index (χ3n) is 4.89. The largest absolute Gasteiger partial charge is 0.317 e. The number of para-hydroxylation sites is 1. The van der Waals surface area contributed by atoms with Crippen molar-refractivity contribution in [3.8, 4) is 10.6 Å². The number of amides is 1. The van der Waals surface area contributed by atoms with Gasteiger partial charge in [-0.3, -0.25) is 4.79 Å². The highest BCUT2D eigenvalue weighted by molar-refractivity contribution is 7.22. The normalized spacial score (nSPS) is 15.2. The van der Waals surface area contributed by atoms with Crippen LogP contribution in [0.15, 0.2) is 24.3 Å². The third-order valence-corrected chi connectivity index (χ3v) is 7.15. The highest BCUT2D eigenvalue weighted by Gasteiger charge is 2.26. The summed E-state index contributed by atoms with van der Waals surface area (Å²) in [6.45, 7) is 8.23. The van der Waals surface area contributed by atoms with Gasteiger partial charge in [0.1, 0.15) is 10.0 Å². The third kappa shape index (κ3) is 3.29. The highest BCUT2D eigenvalue weighted by atomic mass is 32.1. The first-order chi connectivity index (χ1) is 12.5. The van der Waals surface area contributed by atoms with Gasteiger partial charge >= 0.3 is 0 Å². The second-order valence-corrected chi connectivity index (χ2v) is 9.14. The molecule has 1 aliphatic rings. The molecular formula is C20H23N3OS2. The van der Waals surface area contributed by atoms with E-state index in [1.165, 1.54) is 15.1 Å². The van der Waals surface area contributed by atoms with Crippen molar-refractivity contribution in [2.75, 3.05) is 18.4 Å². The summed E-state index contributed by atoms with van der Waals surface area (Å²) in [6, 6.07) is 8.80. The molecule has 26 heavy (non-hydrogen) atoms. The minimum atomic E-state index is -0.0208. The van der Waals surface area contributed by atoms with Crippen LogP contribution in [0.2, 0.25) is 0 Å². The topological polar surface area (TPSA) is 45.2 Å². The van der Waals surface area contributed by atoms with Gasteiger partial charge in [0.15, 0.2) is 0 Å². The van der Waals surface area contributed by atoms with Crippen molar-refractivity contribution in [3.63, 3.8) is 0 Å². The Morgan fingerprint density at radius 2 is 1.96 bits per heavy atom. The lowest BCUT2D eigenvalue weighted by Crippen LogP contribution is -2.33. The first-order valence-electron chi connectivity index (χ1n) is 9.05. The maximum absolute atomic E-state index is 11.8. The molecule has 2 aromatic heterocycles. The Balaban J connectivity index is 1.81. The van der Waals surface area contributed by atoms with E-state index < -0.39 is 0 Å². The van der Waals surface area contributed by atoms with E-state index in [4.69, 9.17) is 4.98 Å². The molecule has 0 atom stereocenters. The van der Waals surface area contributed by atoms with E-state index in [1.54, 1.807) is 29.6 Å². The lowest BCUT2D eigenvalue weighted by atomic mass is 10.1. The second-order valence-electron chi connectivity index (χ2n) is 7.01. The summed E-state index contributed by atoms with van der Waals surface area (Å²) in [5, 5.41) is 5.04. The fourth-order valence-electron chi connectivity index (χ4n) is 3.56. The lowest BCUT2D eigenvalue weighted by molar-refractivity contribution is -0.114. The quantitative estimate of drug-likeness (QED) is 0.705. The summed E-state index contributed by atoms with van der Waals surface area (Å²) in [5.41, 5.74) is 3.55. The van der Waals surface area contributed by atoms with Crippen LogP contribution in [0.5, 0.6) is 0 Å². The van der Waals surface area contributed by atoms with E-state index in [-0.39, 0.29) is 5.91 Å². The van der Waals surface area contributed by atoms with Gasteiger partial charge in [0.25, 0.3) is 0 Å². The van der Waals surface area contributed by atoms with Crippen LogP contribution < -0.4 is 5.32 Å². The number of rotatable bonds is 3. The van der Waals surface area contributed by atoms with Crippen LogP contribution in [0.4, 0.5) is 5.00 Å². The molecule has 0 aliphatic carbocycles. The molecule has 136 valence electrons. The summed E-state index contributed by atoms with van der Waals surface area (Å²) < 4.78 is 1.19. The Hall–Kier alpha value is -1.76. The van der Waals surface area contributed by atoms with Crippen LogP contribution in [0.25, 0.3) is 20.8 Å². The van der Waals surface area contributed by atoms with Gasteiger partial charge in [-0.2, -0.15) is 0 Å². The number of thiazole rings is 1. The zero-order valence-electron chi connectivity index (χ0n) is 15.3. The molecule has 0 fully saturated rings. The summed E-state index contributed by atoms with van der Waals surface area (Å²) in [6.07, 6.45) is 2.05. The molecular weight excluding hydrogens is 362 g/mol. The smallest absolute Gasteiger partial charge is 0.221 e. The molecule has 0 saturated carbocycles. The van der Waals surface area contributed by atoms with Crippen LogP contribution >= 0.6 is 22.7 Å². The first-order valence-corrected chi connectivity index (χ1v) is 10.7. The lowest BCUT2D eigenvalue weighted by Gasteiger charge is -2.24. The molecule has 0 radical (unpaired) electrons. The molecule has 3 aromatic rings. The maximum Gasteiger partial charge on any atom is 0.221 e. The number of benzene rings is 1. The standard InChI is InChI=1S/C20H23N3OS2/c1-12(2)23-10-8-14-16(9-11-23)25-19(21-13(3)24)18(14)20-22-15-6-4-5-7-17(15)26-20/h4-7,12H,8-11H2,1-3H3,(H,21,24). The van der Waals surface area contributed by atoms with Gasteiger partial charge in [-0.1, -0.05) is 12.1 Å². The maximum atomic E-state index is 11.8. The second kappa shape index (κ2) is 7.10. The number of anilines is 1. The molecule has 0 saturated heterocycles. The number of nitrogens with zero attached hydrogens (tertiary/aromatic N) is 2. The highest BCUT2D eigenvalue weighted by Crippen LogP contribution is 2.45. The van der Waals surface area contributed by atoms with E-state index >= 15 is 0 Å². The molecule has 0 spiro atoms. The molecule has 1 N–H and O–H groups in total. The van der Waals surface area contributed by atoms with Gasteiger partial charge in [0.05, 0.1) is 10.2 Å². The van der Waals surface area contributed by atoms with Gasteiger partial charge in [-0.05, 0) is 44.4 Å². The fourth-order valence-corrected chi connectivity index (χ4v) is 5.95. The van der Waals surface area contributed by atoms with Crippen molar-refractivity contribution in [2.24, 2.45) is 0 Å². The molecule has 4 rings (SSSR count). The molecule has 3 heterocycles. The molecule has 0 unspecified atom stereocenters. The average molecular weight is 386 g/mol. The number of carbonyl (C=O) groups excluding carboxylic acids is 1. The summed E-state index contributed by atoms with van der Waals surface area (Å²) in [7, 11) is 0. The van der Waals surface area contributed by atoms with Crippen molar-refractivity contribution >= 4 is 43.8 Å². The predicted molar refractivity (Wildman–Crippen MR) is 111 cm³/mol. The Kier molecular flexibility index (Phi) is 4.82. The molecule has 1 amide bonds. The van der Waals surface area contributed by atoms with E-state index in [0.29, 0.717) is 6.04 Å². The molecule has 0 bridgehead atoms. The Labute approximate surface area is 161 Å². The number of carbonyl (C=O) groups is 1. The molecule has 4 nitrogen and oxygen atoms in total. The van der Waals surface area contributed by atoms with Crippen molar-refractivity contribution < 1.29 is 4.79 Å². The van der Waals surface area contributed by atoms with Crippen molar-refractivity contribution in [2.45, 2.75) is 39.7 Å². The van der Waals surface area contributed by atoms with Crippen molar-refractivity contribution in [3.05, 3.63) is 34.7 Å². The molecule has 6 heteroatoms. The Morgan fingerprint density at radius 1 is 1.19 bits per heavy atom. The van der Waals surface area contributed by atoms with Crippen LogP contribution in [0.1, 0.15) is 31.2 Å². The minimum Gasteiger partial charge on any atom is -0.317 e. The van der Waals surface area contributed by atoms with Gasteiger partial charge in [-0.25, -0.2) is 4.98 Å². The van der Waals surface area contributed by atoms with Crippen LogP contribution in [0, 0.1) is 0 Å². The van der Waals surface area contributed by atoms with Crippen LogP contribution in [0.3, 0.4) is 0 Å². The van der Waals surface area contributed by atoms with Gasteiger partial charge in [0, 0.05) is 36.5 Å². The zero-order chi connectivity index (χ0) is 18.3. The SMILES string of the molecule is CC(=O)Nc1sc2c(c1-c1nc3ccccc3s1)CCN(C(C)C)CC2. The van der Waals surface area contributed by atoms with E-state index in [1.807, 2.05) is 12.1 Å². The fraction of sp³-hybridized carbons (Fsp3) is 0.400. The number of nitrogens with one attached hydrogen (secondary N) is 1.